The minimum absolute atomic E-state index is 0.0775. The molecule has 1 rings (SSSR count). The third kappa shape index (κ3) is 5.43. The topological polar surface area (TPSA) is 74.3 Å². The summed E-state index contributed by atoms with van der Waals surface area (Å²) >= 11 is 6.02. The number of hydrogen-bond acceptors (Lipinski definition) is 5. The van der Waals surface area contributed by atoms with Crippen LogP contribution in [0.5, 0.6) is 0 Å². The number of anilines is 1. The Labute approximate surface area is 131 Å². The van der Waals surface area contributed by atoms with Crippen molar-refractivity contribution < 1.29 is 8.42 Å². The molecule has 1 heterocycles. The minimum atomic E-state index is -3.58. The highest BCUT2D eigenvalue weighted by Crippen LogP contribution is 2.22. The predicted molar refractivity (Wildman–Crippen MR) is 86.4 cm³/mol. The Morgan fingerprint density at radius 2 is 1.95 bits per heavy atom. The number of likely N-dealkylation sites (N-methyl/N-ethyl adjacent to an activating group) is 1. The molecule has 0 fully saturated rings. The maximum atomic E-state index is 12.2. The fraction of sp³-hybridized carbons (Fsp3) is 0.615. The predicted octanol–water partition coefficient (Wildman–Crippen LogP) is 1.79. The highest BCUT2D eigenvalue weighted by molar-refractivity contribution is 7.89. The Hall–Kier alpha value is -0.890. The molecule has 2 N–H and O–H groups in total. The summed E-state index contributed by atoms with van der Waals surface area (Å²) in [5, 5.41) is 3.26. The van der Waals surface area contributed by atoms with Crippen LogP contribution >= 0.6 is 11.6 Å². The van der Waals surface area contributed by atoms with Gasteiger partial charge in [0.2, 0.25) is 10.0 Å². The summed E-state index contributed by atoms with van der Waals surface area (Å²) in [5.41, 5.74) is 0. The van der Waals surface area contributed by atoms with Crippen LogP contribution in [-0.2, 0) is 10.0 Å². The van der Waals surface area contributed by atoms with Gasteiger partial charge in [0.25, 0.3) is 0 Å². The van der Waals surface area contributed by atoms with Gasteiger partial charge in [-0.1, -0.05) is 25.4 Å². The monoisotopic (exact) mass is 334 g/mol. The Kier molecular flexibility index (Phi) is 7.37. The Morgan fingerprint density at radius 1 is 1.29 bits per heavy atom. The van der Waals surface area contributed by atoms with Gasteiger partial charge in [0.05, 0.1) is 5.02 Å². The molecule has 8 heteroatoms. The fourth-order valence-corrected chi connectivity index (χ4v) is 3.12. The zero-order valence-electron chi connectivity index (χ0n) is 12.7. The van der Waals surface area contributed by atoms with E-state index < -0.39 is 10.0 Å². The lowest BCUT2D eigenvalue weighted by molar-refractivity contribution is 0.309. The van der Waals surface area contributed by atoms with Crippen LogP contribution in [0.25, 0.3) is 0 Å². The third-order valence-electron chi connectivity index (χ3n) is 3.09. The largest absolute Gasteiger partial charge is 0.369 e. The van der Waals surface area contributed by atoms with Gasteiger partial charge in [-0.25, -0.2) is 18.1 Å². The van der Waals surface area contributed by atoms with E-state index in [1.165, 1.54) is 12.3 Å². The molecular weight excluding hydrogens is 312 g/mol. The zero-order chi connectivity index (χ0) is 15.9. The van der Waals surface area contributed by atoms with Crippen LogP contribution in [0.1, 0.15) is 20.8 Å². The summed E-state index contributed by atoms with van der Waals surface area (Å²) in [6.45, 7) is 9.48. The SMILES string of the molecule is CCNc1ncc(S(=O)(=O)NCCN(CC)CC)cc1Cl. The number of halogens is 1. The van der Waals surface area contributed by atoms with Crippen molar-refractivity contribution in [2.75, 3.05) is 38.0 Å². The van der Waals surface area contributed by atoms with E-state index in [9.17, 15) is 8.42 Å². The summed E-state index contributed by atoms with van der Waals surface area (Å²) in [5.74, 6) is 0.487. The molecule has 120 valence electrons. The number of sulfonamides is 1. The first-order chi connectivity index (χ1) is 9.94. The molecule has 0 saturated carbocycles. The van der Waals surface area contributed by atoms with Crippen molar-refractivity contribution in [1.29, 1.82) is 0 Å². The Bertz CT molecular complexity index is 547. The van der Waals surface area contributed by atoms with Gasteiger partial charge >= 0.3 is 0 Å². The minimum Gasteiger partial charge on any atom is -0.369 e. The van der Waals surface area contributed by atoms with Gasteiger partial charge in [-0.2, -0.15) is 0 Å². The molecule has 1 aromatic rings. The van der Waals surface area contributed by atoms with Crippen LogP contribution in [0.15, 0.2) is 17.2 Å². The average Bonchev–Trinajstić information content (AvgIpc) is 2.46. The normalized spacial score (nSPS) is 11.9. The van der Waals surface area contributed by atoms with E-state index in [-0.39, 0.29) is 4.90 Å². The standard InChI is InChI=1S/C13H23ClN4O2S/c1-4-15-13-12(14)9-11(10-16-13)21(19,20)17-7-8-18(5-2)6-3/h9-10,17H,4-8H2,1-3H3,(H,15,16). The van der Waals surface area contributed by atoms with Crippen molar-refractivity contribution in [3.63, 3.8) is 0 Å². The van der Waals surface area contributed by atoms with Crippen molar-refractivity contribution in [2.24, 2.45) is 0 Å². The van der Waals surface area contributed by atoms with Crippen molar-refractivity contribution in [1.82, 2.24) is 14.6 Å². The molecule has 0 aliphatic rings. The molecule has 0 aromatic carbocycles. The molecule has 0 aliphatic heterocycles. The van der Waals surface area contributed by atoms with E-state index in [1.54, 1.807) is 0 Å². The summed E-state index contributed by atoms with van der Waals surface area (Å²) < 4.78 is 26.9. The van der Waals surface area contributed by atoms with E-state index in [0.29, 0.717) is 30.5 Å². The fourth-order valence-electron chi connectivity index (χ4n) is 1.83. The van der Waals surface area contributed by atoms with Crippen molar-refractivity contribution in [3.05, 3.63) is 17.3 Å². The average molecular weight is 335 g/mol. The van der Waals surface area contributed by atoms with Crippen molar-refractivity contribution >= 4 is 27.4 Å². The lowest BCUT2D eigenvalue weighted by Gasteiger charge is -2.18. The summed E-state index contributed by atoms with van der Waals surface area (Å²) in [6.07, 6.45) is 1.31. The summed E-state index contributed by atoms with van der Waals surface area (Å²) in [7, 11) is -3.58. The summed E-state index contributed by atoms with van der Waals surface area (Å²) in [4.78, 5) is 6.26. The van der Waals surface area contributed by atoms with E-state index >= 15 is 0 Å². The van der Waals surface area contributed by atoms with Crippen LogP contribution in [0.4, 0.5) is 5.82 Å². The van der Waals surface area contributed by atoms with Crippen molar-refractivity contribution in [2.45, 2.75) is 25.7 Å². The number of nitrogens with one attached hydrogen (secondary N) is 2. The number of pyridine rings is 1. The second-order valence-corrected chi connectivity index (χ2v) is 6.63. The number of rotatable bonds is 9. The molecule has 0 amide bonds. The molecule has 1 aromatic heterocycles. The molecule has 21 heavy (non-hydrogen) atoms. The highest BCUT2D eigenvalue weighted by Gasteiger charge is 2.16. The Morgan fingerprint density at radius 3 is 2.48 bits per heavy atom. The van der Waals surface area contributed by atoms with Gasteiger partial charge in [0.1, 0.15) is 10.7 Å². The van der Waals surface area contributed by atoms with Gasteiger partial charge in [-0.05, 0) is 26.1 Å². The molecule has 0 bridgehead atoms. The first kappa shape index (κ1) is 18.2. The maximum Gasteiger partial charge on any atom is 0.242 e. The molecule has 0 atom stereocenters. The van der Waals surface area contributed by atoms with Crippen LogP contribution in [0.3, 0.4) is 0 Å². The lowest BCUT2D eigenvalue weighted by Crippen LogP contribution is -2.34. The van der Waals surface area contributed by atoms with Gasteiger partial charge in [-0.15, -0.1) is 0 Å². The van der Waals surface area contributed by atoms with E-state index in [4.69, 9.17) is 11.6 Å². The van der Waals surface area contributed by atoms with Crippen LogP contribution in [-0.4, -0.2) is 51.0 Å². The van der Waals surface area contributed by atoms with E-state index in [1.807, 2.05) is 20.8 Å². The molecule has 0 aliphatic carbocycles. The van der Waals surface area contributed by atoms with E-state index in [2.05, 4.69) is 19.9 Å². The molecular formula is C13H23ClN4O2S. The molecule has 0 radical (unpaired) electrons. The number of hydrogen-bond donors (Lipinski definition) is 2. The second kappa shape index (κ2) is 8.53. The first-order valence-electron chi connectivity index (χ1n) is 7.06. The highest BCUT2D eigenvalue weighted by atomic mass is 35.5. The number of aromatic nitrogens is 1. The van der Waals surface area contributed by atoms with Crippen LogP contribution in [0, 0.1) is 0 Å². The quantitative estimate of drug-likeness (QED) is 0.720. The second-order valence-electron chi connectivity index (χ2n) is 4.46. The van der Waals surface area contributed by atoms with Crippen LogP contribution in [0.2, 0.25) is 5.02 Å². The smallest absolute Gasteiger partial charge is 0.242 e. The third-order valence-corrected chi connectivity index (χ3v) is 4.80. The summed E-state index contributed by atoms with van der Waals surface area (Å²) in [6, 6.07) is 1.41. The van der Waals surface area contributed by atoms with E-state index in [0.717, 1.165) is 13.1 Å². The Balaban J connectivity index is 2.72. The number of nitrogens with zero attached hydrogens (tertiary/aromatic N) is 2. The maximum absolute atomic E-state index is 12.2. The van der Waals surface area contributed by atoms with Crippen LogP contribution < -0.4 is 10.0 Å². The zero-order valence-corrected chi connectivity index (χ0v) is 14.3. The van der Waals surface area contributed by atoms with Crippen molar-refractivity contribution in [3.8, 4) is 0 Å². The molecule has 6 nitrogen and oxygen atoms in total. The van der Waals surface area contributed by atoms with Gasteiger partial charge in [0, 0.05) is 25.8 Å². The van der Waals surface area contributed by atoms with Gasteiger partial charge in [0.15, 0.2) is 0 Å². The van der Waals surface area contributed by atoms with Gasteiger partial charge < -0.3 is 10.2 Å². The first-order valence-corrected chi connectivity index (χ1v) is 8.92. The molecule has 0 spiro atoms. The van der Waals surface area contributed by atoms with Gasteiger partial charge in [-0.3, -0.25) is 0 Å². The lowest BCUT2D eigenvalue weighted by atomic mass is 10.4. The molecule has 0 unspecified atom stereocenters. The molecule has 0 saturated heterocycles.